The van der Waals surface area contributed by atoms with Crippen molar-refractivity contribution in [1.29, 1.82) is 0 Å². The van der Waals surface area contributed by atoms with E-state index in [1.807, 2.05) is 0 Å². The first-order chi connectivity index (χ1) is 10.2. The van der Waals surface area contributed by atoms with Crippen molar-refractivity contribution in [3.63, 3.8) is 0 Å². The summed E-state index contributed by atoms with van der Waals surface area (Å²) in [5.41, 5.74) is 0. The molecule has 1 aromatic rings. The number of amides is 1. The molecule has 1 saturated carbocycles. The number of carbonyl (C=O) groups is 1. The first kappa shape index (κ1) is 15.8. The van der Waals surface area contributed by atoms with Gasteiger partial charge in [-0.2, -0.15) is 0 Å². The zero-order chi connectivity index (χ0) is 15.1. The number of rotatable bonds is 7. The van der Waals surface area contributed by atoms with Gasteiger partial charge in [0.1, 0.15) is 11.6 Å². The molecular weight excluding hydrogens is 273 g/mol. The van der Waals surface area contributed by atoms with Gasteiger partial charge < -0.3 is 15.2 Å². The third-order valence-corrected chi connectivity index (χ3v) is 4.02. The minimum atomic E-state index is -0.310. The lowest BCUT2D eigenvalue weighted by Gasteiger charge is -2.17. The van der Waals surface area contributed by atoms with Gasteiger partial charge in [-0.1, -0.05) is 6.42 Å². The summed E-state index contributed by atoms with van der Waals surface area (Å²) in [6, 6.07) is 5.73. The molecule has 1 aliphatic carbocycles. The zero-order valence-electron chi connectivity index (χ0n) is 12.1. The SMILES string of the molecule is O=C(CCOc1ccc(F)cc1)NCC1CCCC1CO. The Labute approximate surface area is 124 Å². The van der Waals surface area contributed by atoms with Crippen LogP contribution in [0.15, 0.2) is 24.3 Å². The van der Waals surface area contributed by atoms with Crippen LogP contribution in [0.1, 0.15) is 25.7 Å². The van der Waals surface area contributed by atoms with Crippen LogP contribution >= 0.6 is 0 Å². The van der Waals surface area contributed by atoms with E-state index in [1.165, 1.54) is 24.3 Å². The molecule has 4 nitrogen and oxygen atoms in total. The highest BCUT2D eigenvalue weighted by Gasteiger charge is 2.26. The summed E-state index contributed by atoms with van der Waals surface area (Å²) in [4.78, 5) is 11.7. The fraction of sp³-hybridized carbons (Fsp3) is 0.562. The summed E-state index contributed by atoms with van der Waals surface area (Å²) < 4.78 is 18.1. The van der Waals surface area contributed by atoms with Gasteiger partial charge in [0, 0.05) is 13.2 Å². The van der Waals surface area contributed by atoms with Gasteiger partial charge in [0.2, 0.25) is 5.91 Å². The number of aliphatic hydroxyl groups excluding tert-OH is 1. The number of carbonyl (C=O) groups excluding carboxylic acids is 1. The summed E-state index contributed by atoms with van der Waals surface area (Å²) in [6.45, 7) is 1.10. The molecule has 1 aromatic carbocycles. The average molecular weight is 295 g/mol. The Bertz CT molecular complexity index is 449. The van der Waals surface area contributed by atoms with Crippen LogP contribution in [-0.4, -0.2) is 30.8 Å². The van der Waals surface area contributed by atoms with Gasteiger partial charge in [-0.25, -0.2) is 4.39 Å². The predicted molar refractivity (Wildman–Crippen MR) is 77.4 cm³/mol. The minimum absolute atomic E-state index is 0.0549. The second kappa shape index (κ2) is 7.98. The number of benzene rings is 1. The van der Waals surface area contributed by atoms with E-state index in [0.717, 1.165) is 19.3 Å². The molecule has 2 rings (SSSR count). The lowest BCUT2D eigenvalue weighted by molar-refractivity contribution is -0.121. The molecule has 0 aliphatic heterocycles. The summed E-state index contributed by atoms with van der Waals surface area (Å²) in [6.07, 6.45) is 3.51. The standard InChI is InChI=1S/C16H22FNO3/c17-14-4-6-15(7-5-14)21-9-8-16(20)18-10-12-2-1-3-13(12)11-19/h4-7,12-13,19H,1-3,8-11H2,(H,18,20). The Morgan fingerprint density at radius 1 is 1.29 bits per heavy atom. The third kappa shape index (κ3) is 5.01. The lowest BCUT2D eigenvalue weighted by atomic mass is 9.97. The number of hydrogen-bond acceptors (Lipinski definition) is 3. The van der Waals surface area contributed by atoms with Crippen LogP contribution in [0.4, 0.5) is 4.39 Å². The maximum atomic E-state index is 12.7. The van der Waals surface area contributed by atoms with E-state index in [4.69, 9.17) is 4.74 Å². The number of nitrogens with one attached hydrogen (secondary N) is 1. The molecule has 0 radical (unpaired) electrons. The topological polar surface area (TPSA) is 58.6 Å². The first-order valence-electron chi connectivity index (χ1n) is 7.45. The summed E-state index contributed by atoms with van der Waals surface area (Å²) in [5.74, 6) is 0.897. The van der Waals surface area contributed by atoms with Crippen molar-refractivity contribution in [2.75, 3.05) is 19.8 Å². The molecule has 5 heteroatoms. The number of hydrogen-bond donors (Lipinski definition) is 2. The smallest absolute Gasteiger partial charge is 0.223 e. The largest absolute Gasteiger partial charge is 0.493 e. The molecule has 0 saturated heterocycles. The molecule has 1 fully saturated rings. The van der Waals surface area contributed by atoms with Gasteiger partial charge in [-0.15, -0.1) is 0 Å². The normalized spacial score (nSPS) is 21.2. The van der Waals surface area contributed by atoms with Gasteiger partial charge >= 0.3 is 0 Å². The van der Waals surface area contributed by atoms with E-state index < -0.39 is 0 Å². The van der Waals surface area contributed by atoms with Crippen molar-refractivity contribution in [3.05, 3.63) is 30.1 Å². The molecule has 2 atom stereocenters. The number of ether oxygens (including phenoxy) is 1. The molecule has 116 valence electrons. The molecule has 2 N–H and O–H groups in total. The van der Waals surface area contributed by atoms with Gasteiger partial charge in [0.15, 0.2) is 0 Å². The second-order valence-electron chi connectivity index (χ2n) is 5.49. The fourth-order valence-electron chi connectivity index (χ4n) is 2.75. The quantitative estimate of drug-likeness (QED) is 0.810. The van der Waals surface area contributed by atoms with Crippen molar-refractivity contribution < 1.29 is 19.0 Å². The van der Waals surface area contributed by atoms with Crippen LogP contribution in [0.5, 0.6) is 5.75 Å². The van der Waals surface area contributed by atoms with E-state index in [1.54, 1.807) is 0 Å². The van der Waals surface area contributed by atoms with E-state index in [2.05, 4.69) is 5.32 Å². The van der Waals surface area contributed by atoms with Gasteiger partial charge in [-0.3, -0.25) is 4.79 Å². The van der Waals surface area contributed by atoms with E-state index >= 15 is 0 Å². The average Bonchev–Trinajstić information content (AvgIpc) is 2.95. The third-order valence-electron chi connectivity index (χ3n) is 4.02. The highest BCUT2D eigenvalue weighted by molar-refractivity contribution is 5.75. The number of halogens is 1. The highest BCUT2D eigenvalue weighted by Crippen LogP contribution is 2.30. The molecule has 0 aromatic heterocycles. The zero-order valence-corrected chi connectivity index (χ0v) is 12.1. The Hall–Kier alpha value is -1.62. The van der Waals surface area contributed by atoms with Crippen molar-refractivity contribution in [3.8, 4) is 5.75 Å². The minimum Gasteiger partial charge on any atom is -0.493 e. The first-order valence-corrected chi connectivity index (χ1v) is 7.45. The predicted octanol–water partition coefficient (Wildman–Crippen LogP) is 2.12. The van der Waals surface area contributed by atoms with Crippen molar-refractivity contribution >= 4 is 5.91 Å². The van der Waals surface area contributed by atoms with Crippen LogP contribution in [0.3, 0.4) is 0 Å². The van der Waals surface area contributed by atoms with Crippen molar-refractivity contribution in [2.24, 2.45) is 11.8 Å². The van der Waals surface area contributed by atoms with E-state index in [-0.39, 0.29) is 31.4 Å². The van der Waals surface area contributed by atoms with Crippen LogP contribution in [0.25, 0.3) is 0 Å². The molecule has 0 bridgehead atoms. The molecule has 0 spiro atoms. The van der Waals surface area contributed by atoms with E-state index in [9.17, 15) is 14.3 Å². The molecule has 2 unspecified atom stereocenters. The Morgan fingerprint density at radius 2 is 2.00 bits per heavy atom. The summed E-state index contributed by atoms with van der Waals surface area (Å²) in [5, 5.41) is 12.1. The summed E-state index contributed by atoms with van der Waals surface area (Å²) in [7, 11) is 0. The molecule has 1 amide bonds. The van der Waals surface area contributed by atoms with E-state index in [0.29, 0.717) is 24.1 Å². The maximum Gasteiger partial charge on any atom is 0.223 e. The van der Waals surface area contributed by atoms with Crippen molar-refractivity contribution in [2.45, 2.75) is 25.7 Å². The lowest BCUT2D eigenvalue weighted by Crippen LogP contribution is -2.32. The molecule has 1 aliphatic rings. The number of aliphatic hydroxyl groups is 1. The molecule has 0 heterocycles. The van der Waals surface area contributed by atoms with Gasteiger partial charge in [-0.05, 0) is 48.9 Å². The fourth-order valence-corrected chi connectivity index (χ4v) is 2.75. The summed E-state index contributed by atoms with van der Waals surface area (Å²) >= 11 is 0. The Balaban J connectivity index is 1.62. The Morgan fingerprint density at radius 3 is 2.71 bits per heavy atom. The maximum absolute atomic E-state index is 12.7. The van der Waals surface area contributed by atoms with Crippen molar-refractivity contribution in [1.82, 2.24) is 5.32 Å². The highest BCUT2D eigenvalue weighted by atomic mass is 19.1. The van der Waals surface area contributed by atoms with Crippen LogP contribution in [0.2, 0.25) is 0 Å². The van der Waals surface area contributed by atoms with Gasteiger partial charge in [0.05, 0.1) is 13.0 Å². The van der Waals surface area contributed by atoms with Crippen LogP contribution in [-0.2, 0) is 4.79 Å². The van der Waals surface area contributed by atoms with Gasteiger partial charge in [0.25, 0.3) is 0 Å². The molecular formula is C16H22FNO3. The molecule has 21 heavy (non-hydrogen) atoms. The van der Waals surface area contributed by atoms with Crippen LogP contribution in [0, 0.1) is 17.7 Å². The second-order valence-corrected chi connectivity index (χ2v) is 5.49. The monoisotopic (exact) mass is 295 g/mol. The Kier molecular flexibility index (Phi) is 5.99. The van der Waals surface area contributed by atoms with Crippen LogP contribution < -0.4 is 10.1 Å².